The van der Waals surface area contributed by atoms with Gasteiger partial charge in [0.15, 0.2) is 0 Å². The molecule has 0 spiro atoms. The van der Waals surface area contributed by atoms with Gasteiger partial charge < -0.3 is 30.1 Å². The molecule has 4 aliphatic rings. The lowest BCUT2D eigenvalue weighted by Gasteiger charge is -2.30. The molecule has 16 nitrogen and oxygen atoms in total. The van der Waals surface area contributed by atoms with Gasteiger partial charge in [0.05, 0.1) is 17.0 Å². The summed E-state index contributed by atoms with van der Waals surface area (Å²) >= 11 is 0. The highest BCUT2D eigenvalue weighted by atomic mass is 32.2. The van der Waals surface area contributed by atoms with Crippen LogP contribution in [-0.2, 0) is 47.0 Å². The number of amides is 5. The zero-order valence-corrected chi connectivity index (χ0v) is 32.3. The number of sulfonamides is 1. The number of carboxylic acid groups (broad SMARTS) is 1. The van der Waals surface area contributed by atoms with Crippen LogP contribution < -0.4 is 15.4 Å². The Labute approximate surface area is 325 Å². The minimum Gasteiger partial charge on any atom is -0.478 e. The maximum absolute atomic E-state index is 14.4. The summed E-state index contributed by atoms with van der Waals surface area (Å²) in [5.74, 6) is -4.23. The van der Waals surface area contributed by atoms with Crippen LogP contribution in [0.25, 0.3) is 0 Å². The van der Waals surface area contributed by atoms with Crippen LogP contribution in [0.15, 0.2) is 65.6 Å². The van der Waals surface area contributed by atoms with Gasteiger partial charge >= 0.3 is 18.2 Å². The molecule has 300 valence electrons. The number of carbonyl (C=O) groups is 6. The van der Waals surface area contributed by atoms with Crippen LogP contribution in [0, 0.1) is 5.92 Å². The second kappa shape index (κ2) is 16.0. The van der Waals surface area contributed by atoms with Crippen LogP contribution in [0.5, 0.6) is 0 Å². The van der Waals surface area contributed by atoms with Gasteiger partial charge in [-0.2, -0.15) is 0 Å². The predicted octanol–water partition coefficient (Wildman–Crippen LogP) is 3.60. The fourth-order valence-electron chi connectivity index (χ4n) is 7.34. The van der Waals surface area contributed by atoms with E-state index in [0.717, 1.165) is 35.4 Å². The first-order chi connectivity index (χ1) is 26.5. The molecule has 56 heavy (non-hydrogen) atoms. The number of ether oxygens (including phenoxy) is 2. The number of carboxylic acids is 1. The predicted molar refractivity (Wildman–Crippen MR) is 199 cm³/mol. The zero-order chi connectivity index (χ0) is 40.4. The molecule has 3 heterocycles. The molecule has 1 saturated heterocycles. The maximum Gasteiger partial charge on any atom is 0.410 e. The molecule has 2 aromatic rings. The van der Waals surface area contributed by atoms with E-state index in [4.69, 9.17) is 9.47 Å². The van der Waals surface area contributed by atoms with Gasteiger partial charge in [-0.1, -0.05) is 49.3 Å². The lowest BCUT2D eigenvalue weighted by Crippen LogP contribution is -2.58. The Morgan fingerprint density at radius 3 is 2.29 bits per heavy atom. The summed E-state index contributed by atoms with van der Waals surface area (Å²) in [7, 11) is -4.50. The van der Waals surface area contributed by atoms with Gasteiger partial charge in [-0.15, -0.1) is 0 Å². The van der Waals surface area contributed by atoms with Crippen LogP contribution in [0.4, 0.5) is 9.59 Å². The molecule has 5 amide bonds. The first-order valence-electron chi connectivity index (χ1n) is 18.7. The third kappa shape index (κ3) is 9.15. The zero-order valence-electron chi connectivity index (χ0n) is 31.5. The van der Waals surface area contributed by atoms with Gasteiger partial charge in [-0.3, -0.25) is 19.3 Å². The fraction of sp³-hybridized carbons (Fsp3) is 0.487. The van der Waals surface area contributed by atoms with Crippen molar-refractivity contribution in [2.45, 2.75) is 113 Å². The molecule has 2 fully saturated rings. The number of hydrogen-bond donors (Lipinski definition) is 4. The molecule has 0 aromatic heterocycles. The number of allylic oxidation sites excluding steroid dienone is 1. The van der Waals surface area contributed by atoms with Crippen molar-refractivity contribution in [3.05, 3.63) is 77.4 Å². The van der Waals surface area contributed by atoms with Crippen LogP contribution in [-0.4, -0.2) is 95.1 Å². The third-order valence-electron chi connectivity index (χ3n) is 10.3. The summed E-state index contributed by atoms with van der Waals surface area (Å²) in [6, 6.07) is 9.54. The van der Waals surface area contributed by atoms with Gasteiger partial charge in [-0.25, -0.2) is 27.5 Å². The Bertz CT molecular complexity index is 2000. The van der Waals surface area contributed by atoms with Crippen molar-refractivity contribution >= 4 is 45.9 Å². The number of carbonyl (C=O) groups excluding carboxylic acids is 5. The summed E-state index contributed by atoms with van der Waals surface area (Å²) in [5, 5.41) is 14.6. The van der Waals surface area contributed by atoms with Crippen molar-refractivity contribution in [1.29, 1.82) is 0 Å². The smallest absolute Gasteiger partial charge is 0.410 e. The topological polar surface area (TPSA) is 218 Å². The second-order valence-electron chi connectivity index (χ2n) is 15.7. The first kappa shape index (κ1) is 40.2. The van der Waals surface area contributed by atoms with Crippen molar-refractivity contribution in [2.75, 3.05) is 6.54 Å². The lowest BCUT2D eigenvalue weighted by molar-refractivity contribution is -0.141. The number of hydrogen-bond acceptors (Lipinski definition) is 10. The van der Waals surface area contributed by atoms with Gasteiger partial charge in [0.25, 0.3) is 15.9 Å². The SMILES string of the molecule is CC(C)(C)OC(=O)NC1CCCCCC=CC2CC2(C(=O)NS(=O)(=O)c2ccc(C(=O)O)cc2)NC(=O)C2CC(OC(=O)N3Cc4ccccc4C3)CN2C1=O. The Balaban J connectivity index is 1.26. The Hall–Kier alpha value is -5.45. The van der Waals surface area contributed by atoms with E-state index in [1.54, 1.807) is 26.8 Å². The van der Waals surface area contributed by atoms with E-state index < -0.39 is 81.1 Å². The summed E-state index contributed by atoms with van der Waals surface area (Å²) in [6.07, 6.45) is 3.99. The summed E-state index contributed by atoms with van der Waals surface area (Å²) < 4.78 is 40.0. The summed E-state index contributed by atoms with van der Waals surface area (Å²) in [5.41, 5.74) is -0.755. The van der Waals surface area contributed by atoms with Crippen molar-refractivity contribution < 1.29 is 51.8 Å². The molecule has 6 rings (SSSR count). The lowest BCUT2D eigenvalue weighted by atomic mass is 10.0. The number of rotatable bonds is 6. The van der Waals surface area contributed by atoms with Gasteiger partial charge in [0.2, 0.25) is 11.8 Å². The molecule has 3 aliphatic heterocycles. The number of nitrogens with one attached hydrogen (secondary N) is 3. The first-order valence-corrected chi connectivity index (χ1v) is 20.2. The molecule has 17 heteroatoms. The monoisotopic (exact) mass is 793 g/mol. The molecule has 0 bridgehead atoms. The van der Waals surface area contributed by atoms with E-state index in [9.17, 15) is 42.3 Å². The highest BCUT2D eigenvalue weighted by molar-refractivity contribution is 7.90. The van der Waals surface area contributed by atoms with E-state index in [1.807, 2.05) is 35.1 Å². The number of aromatic carboxylic acids is 1. The number of benzene rings is 2. The Morgan fingerprint density at radius 1 is 0.964 bits per heavy atom. The molecular weight excluding hydrogens is 747 g/mol. The molecule has 2 aromatic carbocycles. The highest BCUT2D eigenvalue weighted by Gasteiger charge is 2.61. The van der Waals surface area contributed by atoms with E-state index >= 15 is 0 Å². The second-order valence-corrected chi connectivity index (χ2v) is 17.4. The van der Waals surface area contributed by atoms with E-state index in [-0.39, 0.29) is 36.3 Å². The van der Waals surface area contributed by atoms with E-state index in [2.05, 4.69) is 10.6 Å². The summed E-state index contributed by atoms with van der Waals surface area (Å²) in [4.78, 5) is 82.7. The van der Waals surface area contributed by atoms with Gasteiger partial charge in [0.1, 0.15) is 29.3 Å². The van der Waals surface area contributed by atoms with Crippen LogP contribution in [0.1, 0.15) is 87.2 Å². The normalized spacial score (nSPS) is 25.3. The number of alkyl carbamates (subject to hydrolysis) is 1. The summed E-state index contributed by atoms with van der Waals surface area (Å²) in [6.45, 7) is 5.54. The molecule has 5 atom stereocenters. The van der Waals surface area contributed by atoms with Crippen molar-refractivity contribution in [2.24, 2.45) is 5.92 Å². The van der Waals surface area contributed by atoms with E-state index in [1.165, 1.54) is 9.80 Å². The fourth-order valence-corrected chi connectivity index (χ4v) is 8.38. The minimum atomic E-state index is -4.50. The Kier molecular flexibility index (Phi) is 11.5. The van der Waals surface area contributed by atoms with Crippen LogP contribution in [0.2, 0.25) is 0 Å². The molecule has 5 unspecified atom stereocenters. The molecule has 4 N–H and O–H groups in total. The molecule has 0 radical (unpaired) electrons. The van der Waals surface area contributed by atoms with Crippen molar-refractivity contribution in [1.82, 2.24) is 25.2 Å². The van der Waals surface area contributed by atoms with Crippen molar-refractivity contribution in [3.63, 3.8) is 0 Å². The number of nitrogens with zero attached hydrogens (tertiary/aromatic N) is 2. The quantitative estimate of drug-likeness (QED) is 0.310. The maximum atomic E-state index is 14.4. The Morgan fingerprint density at radius 2 is 1.64 bits per heavy atom. The molecular formula is C39H47N5O11S. The van der Waals surface area contributed by atoms with Crippen LogP contribution in [0.3, 0.4) is 0 Å². The van der Waals surface area contributed by atoms with Gasteiger partial charge in [-0.05, 0) is 81.8 Å². The van der Waals surface area contributed by atoms with Crippen LogP contribution >= 0.6 is 0 Å². The molecule has 1 aliphatic carbocycles. The molecule has 1 saturated carbocycles. The minimum absolute atomic E-state index is 0.0615. The van der Waals surface area contributed by atoms with E-state index in [0.29, 0.717) is 38.8 Å². The average molecular weight is 794 g/mol. The third-order valence-corrected chi connectivity index (χ3v) is 11.7. The number of fused-ring (bicyclic) bond motifs is 3. The highest BCUT2D eigenvalue weighted by Crippen LogP contribution is 2.46. The van der Waals surface area contributed by atoms with Gasteiger partial charge in [0, 0.05) is 25.4 Å². The average Bonchev–Trinajstić information content (AvgIpc) is 3.42. The largest absolute Gasteiger partial charge is 0.478 e. The standard InChI is InChI=1S/C39H47N5O11S/c1-38(2,3)55-36(50)40-30-14-8-6-4-5-7-13-27-20-39(27,35(49)42-56(52,53)29-17-15-24(16-18-29)34(47)48)41-32(45)31-19-28(23-44(31)33(30)46)54-37(51)43-21-25-11-9-10-12-26(25)22-43/h7,9-13,15-18,27-28,30-31H,4-6,8,14,19-23H2,1-3H3,(H,40,50)(H,41,45)(H,42,49)(H,47,48). The van der Waals surface area contributed by atoms with Crippen molar-refractivity contribution in [3.8, 4) is 0 Å².